The third-order valence-electron chi connectivity index (χ3n) is 11.4. The molecule has 3 heteroatoms. The minimum Gasteiger partial charge on any atom is -1.00 e. The molecule has 54 heavy (non-hydrogen) atoms. The zero-order valence-corrected chi connectivity index (χ0v) is 38.2. The van der Waals surface area contributed by atoms with Gasteiger partial charge in [-0.05, 0) is 59.8 Å². The molecule has 0 nitrogen and oxygen atoms in total. The zero-order valence-electron chi connectivity index (χ0n) is 34.2. The number of hydrogen-bond acceptors (Lipinski definition) is 0. The maximum absolute atomic E-state index is 3.16. The Morgan fingerprint density at radius 1 is 0.630 bits per heavy atom. The quantitative estimate of drug-likeness (QED) is 0.158. The molecule has 0 fully saturated rings. The van der Waals surface area contributed by atoms with Gasteiger partial charge in [-0.2, -0.15) is 11.6 Å². The Hall–Kier alpha value is -2.96. The smallest absolute Gasteiger partial charge is 1.00 e. The molecule has 0 radical (unpaired) electrons. The molecular formula is C51H56Cl2Zr-2. The second-order valence-corrected chi connectivity index (χ2v) is 18.9. The molecule has 0 saturated carbocycles. The van der Waals surface area contributed by atoms with E-state index in [0.717, 1.165) is 19.3 Å². The van der Waals surface area contributed by atoms with Gasteiger partial charge in [-0.1, -0.05) is 89.3 Å². The van der Waals surface area contributed by atoms with Crippen LogP contribution in [0.25, 0.3) is 32.7 Å². The van der Waals surface area contributed by atoms with Crippen molar-refractivity contribution in [2.75, 3.05) is 0 Å². The van der Waals surface area contributed by atoms with Gasteiger partial charge in [0.1, 0.15) is 0 Å². The molecule has 3 aliphatic carbocycles. The topological polar surface area (TPSA) is 0 Å². The number of aryl methyl sites for hydroxylation is 2. The maximum Gasteiger partial charge on any atom is -1.00 e. The Balaban J connectivity index is 0.000000205. The van der Waals surface area contributed by atoms with Crippen LogP contribution in [0.5, 0.6) is 0 Å². The van der Waals surface area contributed by atoms with Crippen LogP contribution in [-0.4, -0.2) is 3.21 Å². The first-order valence-corrected chi connectivity index (χ1v) is 20.2. The average Bonchev–Trinajstić information content (AvgIpc) is 3.77. The Morgan fingerprint density at radius 2 is 1.04 bits per heavy atom. The molecule has 280 valence electrons. The second-order valence-electron chi connectivity index (χ2n) is 17.6. The van der Waals surface area contributed by atoms with Crippen LogP contribution in [0, 0.1) is 25.3 Å². The molecule has 0 spiro atoms. The van der Waals surface area contributed by atoms with Gasteiger partial charge in [0.2, 0.25) is 0 Å². The fourth-order valence-electron chi connectivity index (χ4n) is 7.66. The number of benzene rings is 4. The van der Waals surface area contributed by atoms with Gasteiger partial charge in [0.15, 0.2) is 0 Å². The standard InChI is InChI=1S/C27H29.C15H14.C9H13.2ClH.Zr/c1-16-7-9-26(3,4)24-12-18-11-19-13-25-21(17(2)8-10-27(25,5)6)15-23(19)22(18)14-20(16)24;1-12-3-7-14(8-4-12)11-15-9-5-13(2)6-10-15;1-9(2,3)8-6-4-5-7-8;;;/h7-8,11-15H,9-10H2,1-6H3;3-10H,1-2H3;6-7H,4H2,1-3H3;2*1H;/q-1;;-1;;;+2/p-2. The van der Waals surface area contributed by atoms with Crippen molar-refractivity contribution in [1.29, 1.82) is 0 Å². The summed E-state index contributed by atoms with van der Waals surface area (Å²) in [6.07, 6.45) is 15.6. The predicted octanol–water partition coefficient (Wildman–Crippen LogP) is 8.03. The number of fused-ring (bicyclic) bond motifs is 5. The summed E-state index contributed by atoms with van der Waals surface area (Å²) in [4.78, 5) is 0. The monoisotopic (exact) mass is 828 g/mol. The fraction of sp³-hybridized carbons (Fsp3) is 0.333. The van der Waals surface area contributed by atoms with E-state index in [1.165, 1.54) is 110 Å². The van der Waals surface area contributed by atoms with Crippen LogP contribution < -0.4 is 24.8 Å². The Morgan fingerprint density at radius 3 is 1.37 bits per heavy atom. The molecule has 0 aromatic heterocycles. The number of halogens is 2. The molecular weight excluding hydrogens is 775 g/mol. The van der Waals surface area contributed by atoms with Crippen molar-refractivity contribution in [2.45, 2.75) is 106 Å². The van der Waals surface area contributed by atoms with Crippen LogP contribution in [-0.2, 0) is 35.1 Å². The van der Waals surface area contributed by atoms with Crippen molar-refractivity contribution in [1.82, 2.24) is 0 Å². The Kier molecular flexibility index (Phi) is 13.8. The third kappa shape index (κ3) is 9.35. The van der Waals surface area contributed by atoms with E-state index < -0.39 is 0 Å². The van der Waals surface area contributed by atoms with E-state index in [2.05, 4.69) is 185 Å². The zero-order chi connectivity index (χ0) is 37.6. The fourth-order valence-corrected chi connectivity index (χ4v) is 8.48. The van der Waals surface area contributed by atoms with Gasteiger partial charge < -0.3 is 24.8 Å². The molecule has 5 aromatic rings. The summed E-state index contributed by atoms with van der Waals surface area (Å²) in [5.41, 5.74) is 16.2. The van der Waals surface area contributed by atoms with Crippen molar-refractivity contribution >= 4 is 35.9 Å². The molecule has 0 N–H and O–H groups in total. The van der Waals surface area contributed by atoms with Crippen LogP contribution >= 0.6 is 0 Å². The summed E-state index contributed by atoms with van der Waals surface area (Å²) >= 11 is 1.46. The summed E-state index contributed by atoms with van der Waals surface area (Å²) in [5.74, 6) is 0. The number of allylic oxidation sites excluding steroid dienone is 8. The SMILES string of the molecule is CC(C)(C)C1=CC[C-]=C1.CC1=CCC(C)(C)c2cc3[cH-]c4cc5c(cc4c3cc21)C(C)=CCC5(C)C.Cc1ccc([C](=[Zr+2])c2ccc(C)cc2)cc1.[Cl-].[Cl-]. The summed E-state index contributed by atoms with van der Waals surface area (Å²) in [6, 6.07) is 29.8. The van der Waals surface area contributed by atoms with Crippen LogP contribution in [0.1, 0.15) is 126 Å². The van der Waals surface area contributed by atoms with Crippen molar-refractivity contribution in [3.8, 4) is 0 Å². The molecule has 8 rings (SSSR count). The Labute approximate surface area is 353 Å². The largest absolute Gasteiger partial charge is 1.00 e. The number of rotatable bonds is 2. The average molecular weight is 831 g/mol. The van der Waals surface area contributed by atoms with Crippen molar-refractivity contribution in [3.05, 3.63) is 159 Å². The van der Waals surface area contributed by atoms with E-state index >= 15 is 0 Å². The Bertz CT molecular complexity index is 2140. The molecule has 0 aliphatic heterocycles. The van der Waals surface area contributed by atoms with Gasteiger partial charge in [0, 0.05) is 0 Å². The van der Waals surface area contributed by atoms with Gasteiger partial charge >= 0.3 is 112 Å². The van der Waals surface area contributed by atoms with Crippen molar-refractivity contribution in [3.63, 3.8) is 0 Å². The molecule has 0 heterocycles. The minimum absolute atomic E-state index is 0. The maximum atomic E-state index is 3.16. The summed E-state index contributed by atoms with van der Waals surface area (Å²) in [5, 5.41) is 5.61. The van der Waals surface area contributed by atoms with Gasteiger partial charge in [-0.3, -0.25) is 6.08 Å². The van der Waals surface area contributed by atoms with Gasteiger partial charge in [-0.15, -0.1) is 46.2 Å². The van der Waals surface area contributed by atoms with E-state index in [9.17, 15) is 0 Å². The normalized spacial score (nSPS) is 16.2. The van der Waals surface area contributed by atoms with Crippen LogP contribution in [0.3, 0.4) is 0 Å². The molecule has 5 aromatic carbocycles. The van der Waals surface area contributed by atoms with E-state index in [4.69, 9.17) is 0 Å². The van der Waals surface area contributed by atoms with Crippen LogP contribution in [0.15, 0.2) is 109 Å². The molecule has 0 amide bonds. The van der Waals surface area contributed by atoms with Crippen molar-refractivity contribution in [2.24, 2.45) is 5.41 Å². The first-order valence-electron chi connectivity index (χ1n) is 19.0. The first kappa shape index (κ1) is 43.8. The van der Waals surface area contributed by atoms with E-state index in [0.29, 0.717) is 5.41 Å². The minimum atomic E-state index is 0. The third-order valence-corrected chi connectivity index (χ3v) is 12.8. The van der Waals surface area contributed by atoms with Gasteiger partial charge in [-0.25, -0.2) is 6.08 Å². The molecule has 0 bridgehead atoms. The van der Waals surface area contributed by atoms with E-state index in [1.54, 1.807) is 0 Å². The van der Waals surface area contributed by atoms with Crippen LogP contribution in [0.4, 0.5) is 0 Å². The van der Waals surface area contributed by atoms with E-state index in [-0.39, 0.29) is 35.6 Å². The molecule has 0 atom stereocenters. The molecule has 0 saturated heterocycles. The molecule has 0 unspecified atom stereocenters. The van der Waals surface area contributed by atoms with Crippen molar-refractivity contribution < 1.29 is 49.0 Å². The van der Waals surface area contributed by atoms with E-state index in [1.807, 2.05) is 0 Å². The number of hydrogen-bond donors (Lipinski definition) is 0. The van der Waals surface area contributed by atoms with Gasteiger partial charge in [0.05, 0.1) is 0 Å². The summed E-state index contributed by atoms with van der Waals surface area (Å²) in [7, 11) is 0. The van der Waals surface area contributed by atoms with Crippen LogP contribution in [0.2, 0.25) is 0 Å². The predicted molar refractivity (Wildman–Crippen MR) is 225 cm³/mol. The summed E-state index contributed by atoms with van der Waals surface area (Å²) < 4.78 is 1.42. The second kappa shape index (κ2) is 17.0. The van der Waals surface area contributed by atoms with Gasteiger partial charge in [0.25, 0.3) is 0 Å². The summed E-state index contributed by atoms with van der Waals surface area (Å²) in [6.45, 7) is 24.9. The first-order chi connectivity index (χ1) is 24.4. The molecule has 3 aliphatic rings.